The molecular formula is C12H14FNO2. The van der Waals surface area contributed by atoms with Crippen LogP contribution in [0, 0.1) is 0 Å². The third kappa shape index (κ3) is 2.22. The van der Waals surface area contributed by atoms with Gasteiger partial charge in [0, 0.05) is 13.1 Å². The van der Waals surface area contributed by atoms with Gasteiger partial charge in [-0.3, -0.25) is 9.69 Å². The topological polar surface area (TPSA) is 40.5 Å². The van der Waals surface area contributed by atoms with Crippen molar-refractivity contribution in [2.75, 3.05) is 13.1 Å². The highest BCUT2D eigenvalue weighted by Gasteiger charge is 2.33. The summed E-state index contributed by atoms with van der Waals surface area (Å²) in [4.78, 5) is 12.9. The molecule has 0 saturated carbocycles. The van der Waals surface area contributed by atoms with E-state index in [2.05, 4.69) is 0 Å². The van der Waals surface area contributed by atoms with Crippen LogP contribution < -0.4 is 0 Å². The quantitative estimate of drug-likeness (QED) is 0.850. The van der Waals surface area contributed by atoms with Crippen molar-refractivity contribution in [1.29, 1.82) is 0 Å². The van der Waals surface area contributed by atoms with E-state index in [1.807, 2.05) is 6.07 Å². The molecule has 1 aliphatic heterocycles. The van der Waals surface area contributed by atoms with Crippen molar-refractivity contribution >= 4 is 5.97 Å². The Morgan fingerprint density at radius 3 is 2.62 bits per heavy atom. The van der Waals surface area contributed by atoms with Crippen molar-refractivity contribution in [3.63, 3.8) is 0 Å². The molecule has 0 aliphatic carbocycles. The standard InChI is InChI=1S/C12H14FNO2/c13-10-6-7-14(8-10)11(12(15)16)9-4-2-1-3-5-9/h1-5,10-11H,6-8H2,(H,15,16)/t10-,11?/m0/s1. The van der Waals surface area contributed by atoms with Gasteiger partial charge in [0.05, 0.1) is 0 Å². The van der Waals surface area contributed by atoms with Gasteiger partial charge in [-0.1, -0.05) is 30.3 Å². The van der Waals surface area contributed by atoms with E-state index in [4.69, 9.17) is 0 Å². The van der Waals surface area contributed by atoms with Crippen molar-refractivity contribution in [3.8, 4) is 0 Å². The Kier molecular flexibility index (Phi) is 3.19. The highest BCUT2D eigenvalue weighted by Crippen LogP contribution is 2.26. The number of benzene rings is 1. The van der Waals surface area contributed by atoms with Crippen LogP contribution >= 0.6 is 0 Å². The van der Waals surface area contributed by atoms with Crippen molar-refractivity contribution in [2.45, 2.75) is 18.6 Å². The minimum absolute atomic E-state index is 0.214. The van der Waals surface area contributed by atoms with Crippen LogP contribution in [0.5, 0.6) is 0 Å². The van der Waals surface area contributed by atoms with Crippen molar-refractivity contribution in [3.05, 3.63) is 35.9 Å². The van der Waals surface area contributed by atoms with Crippen LogP contribution in [0.3, 0.4) is 0 Å². The number of hydrogen-bond acceptors (Lipinski definition) is 2. The molecule has 0 amide bonds. The second kappa shape index (κ2) is 4.61. The molecule has 4 heteroatoms. The van der Waals surface area contributed by atoms with E-state index < -0.39 is 18.2 Å². The maximum absolute atomic E-state index is 13.1. The highest BCUT2D eigenvalue weighted by atomic mass is 19.1. The summed E-state index contributed by atoms with van der Waals surface area (Å²) < 4.78 is 13.1. The van der Waals surface area contributed by atoms with E-state index >= 15 is 0 Å². The van der Waals surface area contributed by atoms with Crippen LogP contribution in [0.2, 0.25) is 0 Å². The zero-order valence-corrected chi connectivity index (χ0v) is 8.84. The fourth-order valence-electron chi connectivity index (χ4n) is 2.12. The predicted octanol–water partition coefficient (Wildman–Crippen LogP) is 1.86. The van der Waals surface area contributed by atoms with Crippen LogP contribution in [0.4, 0.5) is 4.39 Å². The molecule has 1 saturated heterocycles. The van der Waals surface area contributed by atoms with Gasteiger partial charge in [-0.25, -0.2) is 4.39 Å². The van der Waals surface area contributed by atoms with Crippen LogP contribution in [0.1, 0.15) is 18.0 Å². The molecule has 1 aromatic rings. The van der Waals surface area contributed by atoms with E-state index in [-0.39, 0.29) is 6.54 Å². The number of halogens is 1. The van der Waals surface area contributed by atoms with Gasteiger partial charge < -0.3 is 5.11 Å². The first-order chi connectivity index (χ1) is 7.68. The Labute approximate surface area is 93.5 Å². The first kappa shape index (κ1) is 11.1. The smallest absolute Gasteiger partial charge is 0.325 e. The number of aliphatic carboxylic acids is 1. The summed E-state index contributed by atoms with van der Waals surface area (Å²) >= 11 is 0. The van der Waals surface area contributed by atoms with E-state index in [1.54, 1.807) is 29.2 Å². The lowest BCUT2D eigenvalue weighted by molar-refractivity contribution is -0.143. The van der Waals surface area contributed by atoms with Crippen molar-refractivity contribution < 1.29 is 14.3 Å². The van der Waals surface area contributed by atoms with Gasteiger partial charge in [-0.15, -0.1) is 0 Å². The second-order valence-electron chi connectivity index (χ2n) is 4.03. The molecule has 1 N–H and O–H groups in total. The Morgan fingerprint density at radius 2 is 2.12 bits per heavy atom. The largest absolute Gasteiger partial charge is 0.480 e. The predicted molar refractivity (Wildman–Crippen MR) is 57.9 cm³/mol. The Hall–Kier alpha value is -1.42. The average molecular weight is 223 g/mol. The number of carboxylic acid groups (broad SMARTS) is 1. The third-order valence-corrected chi connectivity index (χ3v) is 2.88. The van der Waals surface area contributed by atoms with Gasteiger partial charge in [-0.05, 0) is 12.0 Å². The summed E-state index contributed by atoms with van der Waals surface area (Å²) in [6.45, 7) is 0.721. The van der Waals surface area contributed by atoms with Crippen LogP contribution in [0.25, 0.3) is 0 Å². The molecule has 86 valence electrons. The fraction of sp³-hybridized carbons (Fsp3) is 0.417. The molecule has 3 nitrogen and oxygen atoms in total. The molecule has 0 aromatic heterocycles. The summed E-state index contributed by atoms with van der Waals surface area (Å²) in [5.74, 6) is -0.916. The Morgan fingerprint density at radius 1 is 1.44 bits per heavy atom. The summed E-state index contributed by atoms with van der Waals surface area (Å²) in [7, 11) is 0. The number of carboxylic acids is 1. The minimum Gasteiger partial charge on any atom is -0.480 e. The first-order valence-electron chi connectivity index (χ1n) is 5.34. The number of rotatable bonds is 3. The molecule has 1 aliphatic rings. The normalized spacial score (nSPS) is 23.2. The van der Waals surface area contributed by atoms with Crippen molar-refractivity contribution in [1.82, 2.24) is 4.90 Å². The monoisotopic (exact) mass is 223 g/mol. The van der Waals surface area contributed by atoms with Gasteiger partial charge in [0.15, 0.2) is 0 Å². The van der Waals surface area contributed by atoms with Gasteiger partial charge >= 0.3 is 5.97 Å². The van der Waals surface area contributed by atoms with E-state index in [0.717, 1.165) is 0 Å². The molecule has 2 atom stereocenters. The van der Waals surface area contributed by atoms with Crippen molar-refractivity contribution in [2.24, 2.45) is 0 Å². The molecular weight excluding hydrogens is 209 g/mol. The number of carbonyl (C=O) groups is 1. The zero-order chi connectivity index (χ0) is 11.5. The zero-order valence-electron chi connectivity index (χ0n) is 8.84. The average Bonchev–Trinajstić information content (AvgIpc) is 2.66. The number of nitrogens with zero attached hydrogens (tertiary/aromatic N) is 1. The lowest BCUT2D eigenvalue weighted by Crippen LogP contribution is -2.32. The van der Waals surface area contributed by atoms with Gasteiger partial charge in [0.1, 0.15) is 12.2 Å². The maximum Gasteiger partial charge on any atom is 0.325 e. The van der Waals surface area contributed by atoms with E-state index in [1.165, 1.54) is 0 Å². The molecule has 0 spiro atoms. The van der Waals surface area contributed by atoms with Gasteiger partial charge in [0.25, 0.3) is 0 Å². The molecule has 2 rings (SSSR count). The highest BCUT2D eigenvalue weighted by molar-refractivity contribution is 5.75. The lowest BCUT2D eigenvalue weighted by Gasteiger charge is -2.23. The Balaban J connectivity index is 2.21. The summed E-state index contributed by atoms with van der Waals surface area (Å²) in [5, 5.41) is 9.21. The SMILES string of the molecule is O=C(O)C(c1ccccc1)N1CC[C@H](F)C1. The maximum atomic E-state index is 13.1. The summed E-state index contributed by atoms with van der Waals surface area (Å²) in [6.07, 6.45) is -0.470. The molecule has 1 aromatic carbocycles. The summed E-state index contributed by atoms with van der Waals surface area (Å²) in [5.41, 5.74) is 0.712. The van der Waals surface area contributed by atoms with E-state index in [0.29, 0.717) is 18.5 Å². The Bertz CT molecular complexity index is 369. The number of alkyl halides is 1. The first-order valence-corrected chi connectivity index (χ1v) is 5.34. The summed E-state index contributed by atoms with van der Waals surface area (Å²) in [6, 6.07) is 8.25. The van der Waals surface area contributed by atoms with E-state index in [9.17, 15) is 14.3 Å². The van der Waals surface area contributed by atoms with Crippen LogP contribution in [-0.2, 0) is 4.79 Å². The third-order valence-electron chi connectivity index (χ3n) is 2.88. The van der Waals surface area contributed by atoms with Gasteiger partial charge in [0.2, 0.25) is 0 Å². The number of hydrogen-bond donors (Lipinski definition) is 1. The van der Waals surface area contributed by atoms with Crippen LogP contribution in [0.15, 0.2) is 30.3 Å². The van der Waals surface area contributed by atoms with Gasteiger partial charge in [-0.2, -0.15) is 0 Å². The lowest BCUT2D eigenvalue weighted by atomic mass is 10.1. The molecule has 0 radical (unpaired) electrons. The minimum atomic E-state index is -0.916. The fourth-order valence-corrected chi connectivity index (χ4v) is 2.12. The molecule has 16 heavy (non-hydrogen) atoms. The molecule has 0 bridgehead atoms. The molecule has 1 unspecified atom stereocenters. The number of likely N-dealkylation sites (tertiary alicyclic amines) is 1. The molecule has 1 heterocycles. The molecule has 1 fully saturated rings. The second-order valence-corrected chi connectivity index (χ2v) is 4.03. The van der Waals surface area contributed by atoms with Crippen LogP contribution in [-0.4, -0.2) is 35.2 Å².